The van der Waals surface area contributed by atoms with Gasteiger partial charge in [0.15, 0.2) is 6.61 Å². The summed E-state index contributed by atoms with van der Waals surface area (Å²) < 4.78 is 10.8. The highest BCUT2D eigenvalue weighted by Gasteiger charge is 2.14. The highest BCUT2D eigenvalue weighted by molar-refractivity contribution is 7.10. The summed E-state index contributed by atoms with van der Waals surface area (Å²) in [4.78, 5) is 25.2. The zero-order chi connectivity index (χ0) is 19.1. The van der Waals surface area contributed by atoms with Crippen LogP contribution < -0.4 is 10.1 Å². The predicted octanol–water partition coefficient (Wildman–Crippen LogP) is 4.57. The molecule has 3 rings (SSSR count). The number of para-hydroxylation sites is 1. The number of nitrogens with one attached hydrogen (secondary N) is 1. The summed E-state index contributed by atoms with van der Waals surface area (Å²) in [6, 6.07) is 19.7. The molecule has 1 unspecified atom stereocenters. The van der Waals surface area contributed by atoms with Gasteiger partial charge in [0.05, 0.1) is 11.6 Å². The first kappa shape index (κ1) is 18.7. The van der Waals surface area contributed by atoms with Gasteiger partial charge in [0.1, 0.15) is 11.5 Å². The summed E-state index contributed by atoms with van der Waals surface area (Å²) in [6.45, 7) is 1.55. The molecule has 0 aliphatic rings. The minimum Gasteiger partial charge on any atom is -0.457 e. The Bertz CT molecular complexity index is 894. The van der Waals surface area contributed by atoms with Crippen LogP contribution in [0.4, 0.5) is 0 Å². The molecule has 0 radical (unpaired) electrons. The van der Waals surface area contributed by atoms with Crippen molar-refractivity contribution in [1.82, 2.24) is 5.32 Å². The molecule has 3 aromatic rings. The number of esters is 1. The highest BCUT2D eigenvalue weighted by Crippen LogP contribution is 2.22. The van der Waals surface area contributed by atoms with Gasteiger partial charge in [0, 0.05) is 4.88 Å². The van der Waals surface area contributed by atoms with Gasteiger partial charge in [-0.05, 0) is 48.7 Å². The van der Waals surface area contributed by atoms with E-state index < -0.39 is 5.97 Å². The smallest absolute Gasteiger partial charge is 0.338 e. The van der Waals surface area contributed by atoms with Crippen LogP contribution in [-0.2, 0) is 9.53 Å². The second kappa shape index (κ2) is 9.00. The summed E-state index contributed by atoms with van der Waals surface area (Å²) in [7, 11) is 0. The van der Waals surface area contributed by atoms with Gasteiger partial charge in [0.25, 0.3) is 5.91 Å². The molecular formula is C21H19NO4S. The minimum atomic E-state index is -0.576. The fraction of sp³-hybridized carbons (Fsp3) is 0.143. The van der Waals surface area contributed by atoms with Crippen molar-refractivity contribution in [2.24, 2.45) is 0 Å². The molecular weight excluding hydrogens is 362 g/mol. The Kier molecular flexibility index (Phi) is 6.22. The molecule has 5 nitrogen and oxygen atoms in total. The lowest BCUT2D eigenvalue weighted by molar-refractivity contribution is -0.124. The number of rotatable bonds is 7. The van der Waals surface area contributed by atoms with Crippen molar-refractivity contribution in [3.63, 3.8) is 0 Å². The van der Waals surface area contributed by atoms with Crippen molar-refractivity contribution in [1.29, 1.82) is 0 Å². The molecule has 2 aromatic carbocycles. The van der Waals surface area contributed by atoms with Crippen molar-refractivity contribution in [2.45, 2.75) is 13.0 Å². The van der Waals surface area contributed by atoms with Crippen LogP contribution in [0.3, 0.4) is 0 Å². The van der Waals surface area contributed by atoms with E-state index in [9.17, 15) is 9.59 Å². The van der Waals surface area contributed by atoms with Crippen LogP contribution in [0.1, 0.15) is 28.2 Å². The van der Waals surface area contributed by atoms with Crippen molar-refractivity contribution < 1.29 is 19.1 Å². The second-order valence-corrected chi connectivity index (χ2v) is 6.80. The Hall–Kier alpha value is -3.12. The average Bonchev–Trinajstić information content (AvgIpc) is 3.22. The van der Waals surface area contributed by atoms with Crippen LogP contribution in [-0.4, -0.2) is 18.5 Å². The molecule has 1 amide bonds. The number of carbonyl (C=O) groups is 2. The number of benzene rings is 2. The largest absolute Gasteiger partial charge is 0.457 e. The van der Waals surface area contributed by atoms with Gasteiger partial charge >= 0.3 is 5.97 Å². The molecule has 138 valence electrons. The second-order valence-electron chi connectivity index (χ2n) is 5.82. The van der Waals surface area contributed by atoms with Crippen LogP contribution in [0.5, 0.6) is 11.5 Å². The van der Waals surface area contributed by atoms with Crippen LogP contribution >= 0.6 is 11.3 Å². The van der Waals surface area contributed by atoms with E-state index in [1.807, 2.05) is 54.8 Å². The Morgan fingerprint density at radius 1 is 1.00 bits per heavy atom. The van der Waals surface area contributed by atoms with Gasteiger partial charge in [-0.15, -0.1) is 11.3 Å². The van der Waals surface area contributed by atoms with Crippen molar-refractivity contribution in [2.75, 3.05) is 6.61 Å². The zero-order valence-electron chi connectivity index (χ0n) is 14.8. The van der Waals surface area contributed by atoms with E-state index in [1.54, 1.807) is 35.6 Å². The van der Waals surface area contributed by atoms with Crippen molar-refractivity contribution in [3.8, 4) is 11.5 Å². The molecule has 1 heterocycles. The molecule has 1 atom stereocenters. The summed E-state index contributed by atoms with van der Waals surface area (Å²) in [5, 5.41) is 4.75. The third-order valence-electron chi connectivity index (χ3n) is 3.73. The molecule has 0 saturated heterocycles. The van der Waals surface area contributed by atoms with E-state index in [0.29, 0.717) is 17.1 Å². The molecule has 6 heteroatoms. The van der Waals surface area contributed by atoms with Crippen LogP contribution in [0, 0.1) is 0 Å². The zero-order valence-corrected chi connectivity index (χ0v) is 15.6. The van der Waals surface area contributed by atoms with Crippen LogP contribution in [0.15, 0.2) is 72.1 Å². The standard InChI is InChI=1S/C21H19NO4S/c1-15(19-11-6-12-27-19)22-20(23)14-25-21(24)16-7-5-10-18(13-16)26-17-8-3-2-4-9-17/h2-13,15H,14H2,1H3,(H,22,23). The predicted molar refractivity (Wildman–Crippen MR) is 104 cm³/mol. The molecule has 0 spiro atoms. The van der Waals surface area contributed by atoms with Crippen LogP contribution in [0.25, 0.3) is 0 Å². The monoisotopic (exact) mass is 381 g/mol. The van der Waals surface area contributed by atoms with E-state index >= 15 is 0 Å². The van der Waals surface area contributed by atoms with Gasteiger partial charge in [0.2, 0.25) is 0 Å². The first-order chi connectivity index (χ1) is 13.1. The summed E-state index contributed by atoms with van der Waals surface area (Å²) in [5.74, 6) is 0.268. The maximum atomic E-state index is 12.2. The fourth-order valence-electron chi connectivity index (χ4n) is 2.42. The lowest BCUT2D eigenvalue weighted by atomic mass is 10.2. The number of amides is 1. The lowest BCUT2D eigenvalue weighted by Gasteiger charge is -2.12. The Morgan fingerprint density at radius 3 is 2.52 bits per heavy atom. The van der Waals surface area contributed by atoms with E-state index in [2.05, 4.69) is 5.32 Å². The Morgan fingerprint density at radius 2 is 1.78 bits per heavy atom. The SMILES string of the molecule is CC(NC(=O)COC(=O)c1cccc(Oc2ccccc2)c1)c1cccs1. The van der Waals surface area contributed by atoms with Gasteiger partial charge in [-0.1, -0.05) is 30.3 Å². The maximum Gasteiger partial charge on any atom is 0.338 e. The van der Waals surface area contributed by atoms with Gasteiger partial charge in [-0.2, -0.15) is 0 Å². The number of ether oxygens (including phenoxy) is 2. The summed E-state index contributed by atoms with van der Waals surface area (Å²) in [5.41, 5.74) is 0.322. The first-order valence-corrected chi connectivity index (χ1v) is 9.32. The average molecular weight is 381 g/mol. The minimum absolute atomic E-state index is 0.126. The molecule has 0 fully saturated rings. The number of carbonyl (C=O) groups excluding carboxylic acids is 2. The van der Waals surface area contributed by atoms with E-state index in [0.717, 1.165) is 4.88 Å². The maximum absolute atomic E-state index is 12.2. The summed E-state index contributed by atoms with van der Waals surface area (Å²) >= 11 is 1.56. The molecule has 0 saturated carbocycles. The third kappa shape index (κ3) is 5.43. The molecule has 1 N–H and O–H groups in total. The number of thiophene rings is 1. The van der Waals surface area contributed by atoms with Crippen molar-refractivity contribution >= 4 is 23.2 Å². The van der Waals surface area contributed by atoms with E-state index in [4.69, 9.17) is 9.47 Å². The van der Waals surface area contributed by atoms with Crippen molar-refractivity contribution in [3.05, 3.63) is 82.6 Å². The molecule has 1 aromatic heterocycles. The molecule has 27 heavy (non-hydrogen) atoms. The normalized spacial score (nSPS) is 11.4. The highest BCUT2D eigenvalue weighted by atomic mass is 32.1. The summed E-state index contributed by atoms with van der Waals surface area (Å²) in [6.07, 6.45) is 0. The third-order valence-corrected chi connectivity index (χ3v) is 4.79. The van der Waals surface area contributed by atoms with E-state index in [-0.39, 0.29) is 18.6 Å². The van der Waals surface area contributed by atoms with Gasteiger partial charge < -0.3 is 14.8 Å². The lowest BCUT2D eigenvalue weighted by Crippen LogP contribution is -2.30. The van der Waals surface area contributed by atoms with Gasteiger partial charge in [-0.3, -0.25) is 4.79 Å². The number of hydrogen-bond donors (Lipinski definition) is 1. The number of hydrogen-bond acceptors (Lipinski definition) is 5. The Labute approximate surface area is 161 Å². The quantitative estimate of drug-likeness (QED) is 0.609. The molecule has 0 aliphatic carbocycles. The van der Waals surface area contributed by atoms with E-state index in [1.165, 1.54) is 0 Å². The molecule has 0 aliphatic heterocycles. The van der Waals surface area contributed by atoms with Gasteiger partial charge in [-0.25, -0.2) is 4.79 Å². The fourth-order valence-corrected chi connectivity index (χ4v) is 3.15. The topological polar surface area (TPSA) is 64.6 Å². The van der Waals surface area contributed by atoms with Crippen LogP contribution in [0.2, 0.25) is 0 Å². The first-order valence-electron chi connectivity index (χ1n) is 8.44. The molecule has 0 bridgehead atoms. The Balaban J connectivity index is 1.53.